The molecule has 1 unspecified atom stereocenters. The molecule has 1 amide bonds. The van der Waals surface area contributed by atoms with E-state index in [-0.39, 0.29) is 11.9 Å². The Kier molecular flexibility index (Phi) is 4.50. The maximum Gasteiger partial charge on any atom is 0.241 e. The van der Waals surface area contributed by atoms with E-state index in [2.05, 4.69) is 44.6 Å². The fourth-order valence-corrected chi connectivity index (χ4v) is 3.36. The number of fused-ring (bicyclic) bond motifs is 1. The van der Waals surface area contributed by atoms with Gasteiger partial charge in [0, 0.05) is 13.1 Å². The molecule has 0 saturated carbocycles. The SMILES string of the molecule is CC(C(=O)Nc1ccccc1-n1cncn1)N1CCc2ccccc2C1. The van der Waals surface area contributed by atoms with Gasteiger partial charge in [0.15, 0.2) is 0 Å². The second kappa shape index (κ2) is 7.09. The van der Waals surface area contributed by atoms with E-state index in [1.807, 2.05) is 31.2 Å². The zero-order chi connectivity index (χ0) is 17.9. The summed E-state index contributed by atoms with van der Waals surface area (Å²) in [7, 11) is 0. The second-order valence-electron chi connectivity index (χ2n) is 6.51. The number of aromatic nitrogens is 3. The molecule has 132 valence electrons. The van der Waals surface area contributed by atoms with Crippen molar-refractivity contribution in [1.29, 1.82) is 0 Å². The predicted octanol–water partition coefficient (Wildman–Crippen LogP) is 2.65. The molecular weight excluding hydrogens is 326 g/mol. The molecule has 0 aliphatic carbocycles. The third-order valence-electron chi connectivity index (χ3n) is 4.91. The zero-order valence-corrected chi connectivity index (χ0v) is 14.7. The van der Waals surface area contributed by atoms with E-state index in [9.17, 15) is 4.79 Å². The predicted molar refractivity (Wildman–Crippen MR) is 100 cm³/mol. The minimum Gasteiger partial charge on any atom is -0.323 e. The van der Waals surface area contributed by atoms with Crippen LogP contribution in [0.5, 0.6) is 0 Å². The van der Waals surface area contributed by atoms with Gasteiger partial charge in [-0.3, -0.25) is 9.69 Å². The quantitative estimate of drug-likeness (QED) is 0.788. The van der Waals surface area contributed by atoms with E-state index in [1.165, 1.54) is 17.5 Å². The van der Waals surface area contributed by atoms with Crippen molar-refractivity contribution in [2.75, 3.05) is 11.9 Å². The molecule has 1 N–H and O–H groups in total. The van der Waals surface area contributed by atoms with Crippen LogP contribution in [0, 0.1) is 0 Å². The highest BCUT2D eigenvalue weighted by atomic mass is 16.2. The van der Waals surface area contributed by atoms with Crippen molar-refractivity contribution in [3.8, 4) is 5.69 Å². The first-order valence-corrected chi connectivity index (χ1v) is 8.78. The molecule has 2 aromatic carbocycles. The minimum absolute atomic E-state index is 0.0167. The van der Waals surface area contributed by atoms with Crippen LogP contribution in [-0.2, 0) is 17.8 Å². The number of carbonyl (C=O) groups is 1. The Hall–Kier alpha value is -2.99. The molecule has 6 heteroatoms. The van der Waals surface area contributed by atoms with E-state index in [0.717, 1.165) is 30.9 Å². The zero-order valence-electron chi connectivity index (χ0n) is 14.7. The molecule has 1 atom stereocenters. The number of nitrogens with zero attached hydrogens (tertiary/aromatic N) is 4. The third-order valence-corrected chi connectivity index (χ3v) is 4.91. The molecule has 2 heterocycles. The molecule has 3 aromatic rings. The van der Waals surface area contributed by atoms with Crippen molar-refractivity contribution in [3.05, 3.63) is 72.3 Å². The Morgan fingerprint density at radius 3 is 2.69 bits per heavy atom. The van der Waals surface area contributed by atoms with Crippen LogP contribution in [0.1, 0.15) is 18.1 Å². The van der Waals surface area contributed by atoms with Gasteiger partial charge in [0.1, 0.15) is 12.7 Å². The van der Waals surface area contributed by atoms with Crippen LogP contribution in [0.3, 0.4) is 0 Å². The summed E-state index contributed by atoms with van der Waals surface area (Å²) < 4.78 is 1.65. The minimum atomic E-state index is -0.216. The van der Waals surface area contributed by atoms with Crippen molar-refractivity contribution in [3.63, 3.8) is 0 Å². The molecular formula is C20H21N5O. The number of para-hydroxylation sites is 2. The molecule has 1 aromatic heterocycles. The molecule has 1 aliphatic rings. The standard InChI is InChI=1S/C20H21N5O/c1-15(24-11-10-16-6-2-3-7-17(16)12-24)20(26)23-18-8-4-5-9-19(18)25-14-21-13-22-25/h2-9,13-15H,10-12H2,1H3,(H,23,26). The summed E-state index contributed by atoms with van der Waals surface area (Å²) in [5, 5.41) is 7.21. The van der Waals surface area contributed by atoms with Gasteiger partial charge in [0.25, 0.3) is 0 Å². The Bertz CT molecular complexity index is 906. The summed E-state index contributed by atoms with van der Waals surface area (Å²) in [4.78, 5) is 19.0. The molecule has 0 spiro atoms. The summed E-state index contributed by atoms with van der Waals surface area (Å²) in [5.41, 5.74) is 4.22. The largest absolute Gasteiger partial charge is 0.323 e. The first kappa shape index (κ1) is 16.5. The van der Waals surface area contributed by atoms with Crippen molar-refractivity contribution < 1.29 is 4.79 Å². The molecule has 26 heavy (non-hydrogen) atoms. The van der Waals surface area contributed by atoms with Crippen LogP contribution < -0.4 is 5.32 Å². The van der Waals surface area contributed by atoms with E-state index in [1.54, 1.807) is 11.0 Å². The number of amides is 1. The number of benzene rings is 2. The summed E-state index contributed by atoms with van der Waals surface area (Å²) in [5.74, 6) is -0.0167. The van der Waals surface area contributed by atoms with Gasteiger partial charge >= 0.3 is 0 Å². The smallest absolute Gasteiger partial charge is 0.241 e. The van der Waals surface area contributed by atoms with Crippen molar-refractivity contribution in [2.24, 2.45) is 0 Å². The average Bonchev–Trinajstić information content (AvgIpc) is 3.22. The second-order valence-corrected chi connectivity index (χ2v) is 6.51. The van der Waals surface area contributed by atoms with Crippen LogP contribution in [0.15, 0.2) is 61.2 Å². The highest BCUT2D eigenvalue weighted by Gasteiger charge is 2.25. The number of hydrogen-bond acceptors (Lipinski definition) is 4. The van der Waals surface area contributed by atoms with Crippen molar-refractivity contribution in [1.82, 2.24) is 19.7 Å². The summed E-state index contributed by atoms with van der Waals surface area (Å²) in [6.07, 6.45) is 4.08. The Morgan fingerprint density at radius 1 is 1.12 bits per heavy atom. The maximum atomic E-state index is 12.8. The lowest BCUT2D eigenvalue weighted by Gasteiger charge is -2.33. The molecule has 0 saturated heterocycles. The summed E-state index contributed by atoms with van der Waals surface area (Å²) in [6.45, 7) is 3.65. The van der Waals surface area contributed by atoms with E-state index < -0.39 is 0 Å². The summed E-state index contributed by atoms with van der Waals surface area (Å²) in [6, 6.07) is 15.8. The van der Waals surface area contributed by atoms with Gasteiger partial charge in [-0.25, -0.2) is 9.67 Å². The van der Waals surface area contributed by atoms with Crippen LogP contribution in [-0.4, -0.2) is 38.2 Å². The average molecular weight is 347 g/mol. The highest BCUT2D eigenvalue weighted by Crippen LogP contribution is 2.22. The lowest BCUT2D eigenvalue weighted by molar-refractivity contribution is -0.121. The molecule has 6 nitrogen and oxygen atoms in total. The van der Waals surface area contributed by atoms with Gasteiger partial charge in [0.05, 0.1) is 17.4 Å². The Labute approximate surface area is 152 Å². The van der Waals surface area contributed by atoms with Crippen LogP contribution in [0.2, 0.25) is 0 Å². The van der Waals surface area contributed by atoms with Gasteiger partial charge < -0.3 is 5.32 Å². The number of hydrogen-bond donors (Lipinski definition) is 1. The van der Waals surface area contributed by atoms with Gasteiger partial charge in [-0.15, -0.1) is 0 Å². The topological polar surface area (TPSA) is 63.1 Å². The molecule has 1 aliphatic heterocycles. The first-order valence-electron chi connectivity index (χ1n) is 8.78. The van der Waals surface area contributed by atoms with Gasteiger partial charge in [-0.1, -0.05) is 36.4 Å². The fourth-order valence-electron chi connectivity index (χ4n) is 3.36. The lowest BCUT2D eigenvalue weighted by atomic mass is 9.99. The first-order chi connectivity index (χ1) is 12.7. The Balaban J connectivity index is 1.49. The van der Waals surface area contributed by atoms with Gasteiger partial charge in [-0.2, -0.15) is 5.10 Å². The number of nitrogens with one attached hydrogen (secondary N) is 1. The van der Waals surface area contributed by atoms with Crippen LogP contribution >= 0.6 is 0 Å². The van der Waals surface area contributed by atoms with Gasteiger partial charge in [-0.05, 0) is 36.6 Å². The van der Waals surface area contributed by atoms with E-state index in [0.29, 0.717) is 0 Å². The van der Waals surface area contributed by atoms with E-state index in [4.69, 9.17) is 0 Å². The number of carbonyl (C=O) groups excluding carboxylic acids is 1. The molecule has 0 fully saturated rings. The number of anilines is 1. The van der Waals surface area contributed by atoms with E-state index >= 15 is 0 Å². The van der Waals surface area contributed by atoms with Crippen molar-refractivity contribution >= 4 is 11.6 Å². The van der Waals surface area contributed by atoms with Crippen LogP contribution in [0.25, 0.3) is 5.69 Å². The van der Waals surface area contributed by atoms with Gasteiger partial charge in [0.2, 0.25) is 5.91 Å². The maximum absolute atomic E-state index is 12.8. The van der Waals surface area contributed by atoms with Crippen molar-refractivity contribution in [2.45, 2.75) is 25.9 Å². The molecule has 0 radical (unpaired) electrons. The lowest BCUT2D eigenvalue weighted by Crippen LogP contribution is -2.44. The third kappa shape index (κ3) is 3.23. The highest BCUT2D eigenvalue weighted by molar-refractivity contribution is 5.96. The molecule has 0 bridgehead atoms. The normalized spacial score (nSPS) is 15.3. The number of rotatable bonds is 4. The monoisotopic (exact) mass is 347 g/mol. The van der Waals surface area contributed by atoms with Crippen LogP contribution in [0.4, 0.5) is 5.69 Å². The molecule has 4 rings (SSSR count). The fraction of sp³-hybridized carbons (Fsp3) is 0.250. The Morgan fingerprint density at radius 2 is 1.88 bits per heavy atom. The summed E-state index contributed by atoms with van der Waals surface area (Å²) >= 11 is 0.